The van der Waals surface area contributed by atoms with Crippen molar-refractivity contribution in [1.82, 2.24) is 9.78 Å². The number of anilines is 1. The molecule has 0 radical (unpaired) electrons. The Morgan fingerprint density at radius 1 is 0.968 bits per heavy atom. The summed E-state index contributed by atoms with van der Waals surface area (Å²) in [5.74, 6) is -0.586. The summed E-state index contributed by atoms with van der Waals surface area (Å²) < 4.78 is 17.4. The fourth-order valence-corrected chi connectivity index (χ4v) is 3.19. The maximum Gasteiger partial charge on any atom is 0.346 e. The van der Waals surface area contributed by atoms with Crippen LogP contribution in [0.25, 0.3) is 5.69 Å². The molecule has 0 aliphatic rings. The van der Waals surface area contributed by atoms with E-state index in [1.165, 1.54) is 14.2 Å². The third-order valence-electron chi connectivity index (χ3n) is 4.80. The average molecular weight is 423 g/mol. The average Bonchev–Trinajstić information content (AvgIpc) is 3.05. The van der Waals surface area contributed by atoms with Crippen LogP contribution in [0.5, 0.6) is 11.5 Å². The molecular formula is C23H25N3O5. The molecule has 0 aliphatic heterocycles. The van der Waals surface area contributed by atoms with Gasteiger partial charge in [-0.2, -0.15) is 5.10 Å². The zero-order valence-electron chi connectivity index (χ0n) is 18.2. The molecule has 1 N–H and O–H groups in total. The quantitative estimate of drug-likeness (QED) is 0.584. The van der Waals surface area contributed by atoms with E-state index in [0.717, 1.165) is 16.9 Å². The number of rotatable bonds is 7. The van der Waals surface area contributed by atoms with E-state index in [1.54, 1.807) is 29.8 Å². The van der Waals surface area contributed by atoms with Crippen LogP contribution in [-0.2, 0) is 9.53 Å². The second kappa shape index (κ2) is 9.34. The summed E-state index contributed by atoms with van der Waals surface area (Å²) in [7, 11) is 2.88. The molecule has 0 aliphatic carbocycles. The molecule has 162 valence electrons. The summed E-state index contributed by atoms with van der Waals surface area (Å²) in [6.45, 7) is 5.22. The van der Waals surface area contributed by atoms with Gasteiger partial charge in [-0.1, -0.05) is 23.8 Å². The van der Waals surface area contributed by atoms with Crippen LogP contribution in [0.2, 0.25) is 0 Å². The Hall–Kier alpha value is -3.81. The predicted octanol–water partition coefficient (Wildman–Crippen LogP) is 3.61. The molecule has 31 heavy (non-hydrogen) atoms. The number of aryl methyl sites for hydroxylation is 2. The van der Waals surface area contributed by atoms with Crippen LogP contribution in [0.1, 0.15) is 27.3 Å². The number of aromatic nitrogens is 2. The number of esters is 1. The van der Waals surface area contributed by atoms with Crippen molar-refractivity contribution in [2.24, 2.45) is 0 Å². The van der Waals surface area contributed by atoms with Crippen LogP contribution in [0, 0.1) is 20.8 Å². The Kier molecular flexibility index (Phi) is 6.59. The third-order valence-corrected chi connectivity index (χ3v) is 4.80. The van der Waals surface area contributed by atoms with Crippen molar-refractivity contribution in [3.05, 3.63) is 65.0 Å². The van der Waals surface area contributed by atoms with Crippen molar-refractivity contribution in [3.8, 4) is 17.2 Å². The molecule has 0 bridgehead atoms. The van der Waals surface area contributed by atoms with Gasteiger partial charge >= 0.3 is 5.97 Å². The summed E-state index contributed by atoms with van der Waals surface area (Å²) in [6, 6.07) is 12.8. The van der Waals surface area contributed by atoms with E-state index in [-0.39, 0.29) is 5.56 Å². The molecule has 0 unspecified atom stereocenters. The molecule has 1 heterocycles. The van der Waals surface area contributed by atoms with Gasteiger partial charge in [0.05, 0.1) is 37.0 Å². The van der Waals surface area contributed by atoms with Gasteiger partial charge in [-0.3, -0.25) is 4.79 Å². The lowest BCUT2D eigenvalue weighted by molar-refractivity contribution is -0.119. The Balaban J connectivity index is 1.71. The fourth-order valence-electron chi connectivity index (χ4n) is 3.19. The smallest absolute Gasteiger partial charge is 0.346 e. The third kappa shape index (κ3) is 4.69. The molecule has 0 spiro atoms. The first kappa shape index (κ1) is 21.9. The van der Waals surface area contributed by atoms with Crippen LogP contribution in [0.3, 0.4) is 0 Å². The van der Waals surface area contributed by atoms with Gasteiger partial charge in [0.1, 0.15) is 17.1 Å². The molecule has 8 heteroatoms. The van der Waals surface area contributed by atoms with E-state index < -0.39 is 18.5 Å². The van der Waals surface area contributed by atoms with Gasteiger partial charge in [-0.05, 0) is 45.0 Å². The van der Waals surface area contributed by atoms with Gasteiger partial charge in [0, 0.05) is 0 Å². The van der Waals surface area contributed by atoms with Gasteiger partial charge in [0.15, 0.2) is 6.61 Å². The number of nitrogens with zero attached hydrogens (tertiary/aromatic N) is 2. The zero-order valence-corrected chi connectivity index (χ0v) is 18.2. The number of ether oxygens (including phenoxy) is 3. The first-order valence-electron chi connectivity index (χ1n) is 9.67. The maximum absolute atomic E-state index is 12.5. The van der Waals surface area contributed by atoms with Crippen LogP contribution >= 0.6 is 0 Å². The number of carbonyl (C=O) groups is 2. The maximum atomic E-state index is 12.5. The van der Waals surface area contributed by atoms with Gasteiger partial charge in [-0.25, -0.2) is 9.48 Å². The molecular weight excluding hydrogens is 398 g/mol. The largest absolute Gasteiger partial charge is 0.496 e. The molecule has 3 aromatic rings. The predicted molar refractivity (Wildman–Crippen MR) is 116 cm³/mol. The minimum absolute atomic E-state index is 0.125. The molecule has 1 aromatic heterocycles. The number of benzene rings is 2. The van der Waals surface area contributed by atoms with Gasteiger partial charge < -0.3 is 19.5 Å². The highest BCUT2D eigenvalue weighted by molar-refractivity contribution is 5.99. The van der Waals surface area contributed by atoms with Crippen molar-refractivity contribution in [2.45, 2.75) is 20.8 Å². The van der Waals surface area contributed by atoms with Crippen LogP contribution in [0.4, 0.5) is 5.69 Å². The zero-order chi connectivity index (χ0) is 22.5. The van der Waals surface area contributed by atoms with E-state index >= 15 is 0 Å². The summed E-state index contributed by atoms with van der Waals surface area (Å²) in [5, 5.41) is 7.29. The lowest BCUT2D eigenvalue weighted by atomic mass is 10.2. The highest BCUT2D eigenvalue weighted by Gasteiger charge is 2.21. The second-order valence-electron chi connectivity index (χ2n) is 6.96. The van der Waals surface area contributed by atoms with E-state index in [9.17, 15) is 9.59 Å². The Bertz CT molecular complexity index is 1080. The topological polar surface area (TPSA) is 91.7 Å². The number of hydrogen-bond donors (Lipinski definition) is 1. The normalized spacial score (nSPS) is 10.5. The van der Waals surface area contributed by atoms with Crippen molar-refractivity contribution in [2.75, 3.05) is 26.1 Å². The number of hydrogen-bond acceptors (Lipinski definition) is 6. The van der Waals surface area contributed by atoms with Crippen molar-refractivity contribution < 1.29 is 23.8 Å². The first-order chi connectivity index (χ1) is 14.8. The lowest BCUT2D eigenvalue weighted by Crippen LogP contribution is -2.22. The first-order valence-corrected chi connectivity index (χ1v) is 9.67. The molecule has 0 saturated carbocycles. The Morgan fingerprint density at radius 2 is 1.58 bits per heavy atom. The van der Waals surface area contributed by atoms with Gasteiger partial charge in [-0.15, -0.1) is 0 Å². The summed E-state index contributed by atoms with van der Waals surface area (Å²) in [4.78, 5) is 25.0. The second-order valence-corrected chi connectivity index (χ2v) is 6.96. The SMILES string of the molecule is COc1cccc(OC)c1C(=O)OCC(=O)Nc1c(C)nn(-c2ccc(C)cc2)c1C. The summed E-state index contributed by atoms with van der Waals surface area (Å²) in [6.07, 6.45) is 0. The van der Waals surface area contributed by atoms with E-state index in [2.05, 4.69) is 10.4 Å². The minimum atomic E-state index is -0.715. The number of amides is 1. The van der Waals surface area contributed by atoms with Crippen molar-refractivity contribution in [3.63, 3.8) is 0 Å². The number of nitrogens with one attached hydrogen (secondary N) is 1. The van der Waals surface area contributed by atoms with E-state index in [4.69, 9.17) is 14.2 Å². The van der Waals surface area contributed by atoms with Gasteiger partial charge in [0.2, 0.25) is 0 Å². The molecule has 0 atom stereocenters. The van der Waals surface area contributed by atoms with Crippen molar-refractivity contribution >= 4 is 17.6 Å². The molecule has 3 rings (SSSR count). The van der Waals surface area contributed by atoms with Crippen LogP contribution in [-0.4, -0.2) is 42.5 Å². The standard InChI is InChI=1S/C23H25N3O5/c1-14-9-11-17(12-10-14)26-16(3)22(15(2)25-26)24-20(27)13-31-23(28)21-18(29-4)7-6-8-19(21)30-5/h6-12H,13H2,1-5H3,(H,24,27). The van der Waals surface area contributed by atoms with Crippen molar-refractivity contribution in [1.29, 1.82) is 0 Å². The Labute approximate surface area is 180 Å². The number of methoxy groups -OCH3 is 2. The summed E-state index contributed by atoms with van der Waals surface area (Å²) in [5.41, 5.74) is 4.17. The van der Waals surface area contributed by atoms with E-state index in [0.29, 0.717) is 22.9 Å². The number of carbonyl (C=O) groups excluding carboxylic acids is 2. The highest BCUT2D eigenvalue weighted by atomic mass is 16.5. The Morgan fingerprint density at radius 3 is 2.16 bits per heavy atom. The lowest BCUT2D eigenvalue weighted by Gasteiger charge is -2.12. The molecule has 0 fully saturated rings. The monoisotopic (exact) mass is 423 g/mol. The molecule has 0 saturated heterocycles. The minimum Gasteiger partial charge on any atom is -0.496 e. The van der Waals surface area contributed by atoms with E-state index in [1.807, 2.05) is 38.1 Å². The molecule has 1 amide bonds. The summed E-state index contributed by atoms with van der Waals surface area (Å²) >= 11 is 0. The van der Waals surface area contributed by atoms with Crippen LogP contribution < -0.4 is 14.8 Å². The molecule has 8 nitrogen and oxygen atoms in total. The highest BCUT2D eigenvalue weighted by Crippen LogP contribution is 2.29. The fraction of sp³-hybridized carbons (Fsp3) is 0.261. The van der Waals surface area contributed by atoms with Crippen LogP contribution in [0.15, 0.2) is 42.5 Å². The molecule has 2 aromatic carbocycles. The van der Waals surface area contributed by atoms with Gasteiger partial charge in [0.25, 0.3) is 5.91 Å².